The molecule has 138 valence electrons. The highest BCUT2D eigenvalue weighted by atomic mass is 35.5. The number of benzene rings is 2. The van der Waals surface area contributed by atoms with E-state index in [0.29, 0.717) is 10.6 Å². The fourth-order valence-corrected chi connectivity index (χ4v) is 4.34. The molecule has 0 saturated carbocycles. The maximum absolute atomic E-state index is 12.3. The molecule has 0 saturated heterocycles. The molecular formula is C21H18ClNO4. The number of rotatable bonds is 3. The molecule has 0 unspecified atom stereocenters. The van der Waals surface area contributed by atoms with Gasteiger partial charge in [-0.2, -0.15) is 0 Å². The predicted octanol–water partition coefficient (Wildman–Crippen LogP) is 4.65. The standard InChI is InChI=1S/C21H18ClNO4/c1-27-21(26)15-9-10-16(22)19-17(15)13-3-2-4-14(13)18(23-19)11-5-7-12(8-6-11)20(24)25/h2-3,5-10,13-14,18,23H,4H2,1H3,(H,24,25)/t13-,14-,18-/m1/s1. The SMILES string of the molecule is COC(=O)c1ccc(Cl)c2c1[C@@H]1C=CC[C@H]1[C@@H](c1ccc(C(=O)O)cc1)N2. The number of fused-ring (bicyclic) bond motifs is 3. The van der Waals surface area contributed by atoms with Crippen LogP contribution in [-0.4, -0.2) is 24.2 Å². The van der Waals surface area contributed by atoms with Gasteiger partial charge < -0.3 is 15.2 Å². The van der Waals surface area contributed by atoms with Gasteiger partial charge in [0.25, 0.3) is 0 Å². The van der Waals surface area contributed by atoms with Crippen LogP contribution in [0.15, 0.2) is 48.6 Å². The number of carboxylic acids is 1. The quantitative estimate of drug-likeness (QED) is 0.596. The van der Waals surface area contributed by atoms with Crippen molar-refractivity contribution < 1.29 is 19.4 Å². The number of halogens is 1. The summed E-state index contributed by atoms with van der Waals surface area (Å²) in [4.78, 5) is 23.4. The number of nitrogens with one attached hydrogen (secondary N) is 1. The van der Waals surface area contributed by atoms with E-state index >= 15 is 0 Å². The normalized spacial score (nSPS) is 22.5. The van der Waals surface area contributed by atoms with Gasteiger partial charge in [0.1, 0.15) is 0 Å². The number of allylic oxidation sites excluding steroid dienone is 2. The highest BCUT2D eigenvalue weighted by Crippen LogP contribution is 2.52. The molecule has 2 aromatic carbocycles. The van der Waals surface area contributed by atoms with Gasteiger partial charge in [-0.05, 0) is 47.7 Å². The number of methoxy groups -OCH3 is 1. The van der Waals surface area contributed by atoms with E-state index in [4.69, 9.17) is 21.4 Å². The molecule has 0 amide bonds. The first kappa shape index (κ1) is 17.6. The molecule has 0 fully saturated rings. The highest BCUT2D eigenvalue weighted by molar-refractivity contribution is 6.33. The van der Waals surface area contributed by atoms with Crippen LogP contribution >= 0.6 is 11.6 Å². The Morgan fingerprint density at radius 1 is 1.19 bits per heavy atom. The van der Waals surface area contributed by atoms with Crippen molar-refractivity contribution in [2.45, 2.75) is 18.4 Å². The van der Waals surface area contributed by atoms with E-state index in [1.807, 2.05) is 12.1 Å². The summed E-state index contributed by atoms with van der Waals surface area (Å²) in [7, 11) is 1.37. The Labute approximate surface area is 161 Å². The van der Waals surface area contributed by atoms with Crippen LogP contribution in [0.1, 0.15) is 50.2 Å². The largest absolute Gasteiger partial charge is 0.478 e. The van der Waals surface area contributed by atoms with Gasteiger partial charge in [0.2, 0.25) is 0 Å². The number of carbonyl (C=O) groups is 2. The summed E-state index contributed by atoms with van der Waals surface area (Å²) in [6.45, 7) is 0. The third kappa shape index (κ3) is 2.88. The third-order valence-corrected chi connectivity index (χ3v) is 5.71. The summed E-state index contributed by atoms with van der Waals surface area (Å²) in [5.41, 5.74) is 3.36. The lowest BCUT2D eigenvalue weighted by molar-refractivity contribution is 0.0597. The lowest BCUT2D eigenvalue weighted by Gasteiger charge is -2.38. The summed E-state index contributed by atoms with van der Waals surface area (Å²) in [5.74, 6) is -1.09. The summed E-state index contributed by atoms with van der Waals surface area (Å²) < 4.78 is 4.95. The predicted molar refractivity (Wildman–Crippen MR) is 103 cm³/mol. The van der Waals surface area contributed by atoms with Crippen LogP contribution < -0.4 is 5.32 Å². The molecule has 0 bridgehead atoms. The molecule has 3 atom stereocenters. The molecule has 1 aliphatic carbocycles. The van der Waals surface area contributed by atoms with E-state index in [1.54, 1.807) is 24.3 Å². The van der Waals surface area contributed by atoms with Crippen molar-refractivity contribution in [2.75, 3.05) is 12.4 Å². The van der Waals surface area contributed by atoms with E-state index in [2.05, 4.69) is 17.5 Å². The van der Waals surface area contributed by atoms with Gasteiger partial charge in [0.05, 0.1) is 35.0 Å². The minimum Gasteiger partial charge on any atom is -0.478 e. The zero-order chi connectivity index (χ0) is 19.1. The van der Waals surface area contributed by atoms with Gasteiger partial charge in [-0.25, -0.2) is 9.59 Å². The Balaban J connectivity index is 1.80. The summed E-state index contributed by atoms with van der Waals surface area (Å²) in [6.07, 6.45) is 5.09. The van der Waals surface area contributed by atoms with E-state index in [-0.39, 0.29) is 29.4 Å². The Morgan fingerprint density at radius 3 is 2.59 bits per heavy atom. The van der Waals surface area contributed by atoms with Crippen LogP contribution in [0.25, 0.3) is 0 Å². The topological polar surface area (TPSA) is 75.6 Å². The van der Waals surface area contributed by atoms with Gasteiger partial charge in [-0.3, -0.25) is 0 Å². The lowest BCUT2D eigenvalue weighted by Crippen LogP contribution is -2.30. The molecule has 1 heterocycles. The molecular weight excluding hydrogens is 366 g/mol. The molecule has 2 aliphatic rings. The fraction of sp³-hybridized carbons (Fsp3) is 0.238. The van der Waals surface area contributed by atoms with Crippen LogP contribution in [-0.2, 0) is 4.74 Å². The first-order valence-electron chi connectivity index (χ1n) is 8.68. The Bertz CT molecular complexity index is 951. The zero-order valence-corrected chi connectivity index (χ0v) is 15.4. The minimum absolute atomic E-state index is 0.0364. The van der Waals surface area contributed by atoms with Crippen LogP contribution in [0.4, 0.5) is 5.69 Å². The second-order valence-electron chi connectivity index (χ2n) is 6.78. The summed E-state index contributed by atoms with van der Waals surface area (Å²) in [5, 5.41) is 13.2. The first-order chi connectivity index (χ1) is 13.0. The second-order valence-corrected chi connectivity index (χ2v) is 7.19. The molecule has 2 N–H and O–H groups in total. The van der Waals surface area contributed by atoms with Crippen LogP contribution in [0.3, 0.4) is 0 Å². The molecule has 2 aromatic rings. The van der Waals surface area contributed by atoms with E-state index in [9.17, 15) is 9.59 Å². The molecule has 5 nitrogen and oxygen atoms in total. The lowest BCUT2D eigenvalue weighted by atomic mass is 9.75. The zero-order valence-electron chi connectivity index (χ0n) is 14.6. The molecule has 27 heavy (non-hydrogen) atoms. The number of hydrogen-bond donors (Lipinski definition) is 2. The van der Waals surface area contributed by atoms with Gasteiger partial charge >= 0.3 is 11.9 Å². The Hall–Kier alpha value is -2.79. The first-order valence-corrected chi connectivity index (χ1v) is 9.06. The van der Waals surface area contributed by atoms with Crippen molar-refractivity contribution in [1.29, 1.82) is 0 Å². The number of carboxylic acid groups (broad SMARTS) is 1. The smallest absolute Gasteiger partial charge is 0.338 e. The van der Waals surface area contributed by atoms with Crippen molar-refractivity contribution in [3.63, 3.8) is 0 Å². The second kappa shape index (κ2) is 6.74. The number of anilines is 1. The van der Waals surface area contributed by atoms with Crippen molar-refractivity contribution in [3.05, 3.63) is 75.8 Å². The average molecular weight is 384 g/mol. The highest BCUT2D eigenvalue weighted by Gasteiger charge is 2.41. The Kier molecular flexibility index (Phi) is 4.40. The molecule has 4 rings (SSSR count). The van der Waals surface area contributed by atoms with Crippen molar-refractivity contribution in [1.82, 2.24) is 0 Å². The fourth-order valence-electron chi connectivity index (χ4n) is 4.13. The Morgan fingerprint density at radius 2 is 1.93 bits per heavy atom. The third-order valence-electron chi connectivity index (χ3n) is 5.39. The number of hydrogen-bond acceptors (Lipinski definition) is 4. The van der Waals surface area contributed by atoms with Gasteiger partial charge in [-0.1, -0.05) is 35.9 Å². The number of aromatic carboxylic acids is 1. The molecule has 0 aromatic heterocycles. The molecule has 0 radical (unpaired) electrons. The van der Waals surface area contributed by atoms with E-state index < -0.39 is 5.97 Å². The minimum atomic E-state index is -0.949. The van der Waals surface area contributed by atoms with Crippen molar-refractivity contribution in [2.24, 2.45) is 5.92 Å². The van der Waals surface area contributed by atoms with Crippen LogP contribution in [0, 0.1) is 5.92 Å². The summed E-state index contributed by atoms with van der Waals surface area (Å²) in [6, 6.07) is 10.3. The van der Waals surface area contributed by atoms with Gasteiger partial charge in [0.15, 0.2) is 0 Å². The van der Waals surface area contributed by atoms with Gasteiger partial charge in [-0.15, -0.1) is 0 Å². The maximum atomic E-state index is 12.3. The maximum Gasteiger partial charge on any atom is 0.338 e. The van der Waals surface area contributed by atoms with Crippen LogP contribution in [0.2, 0.25) is 5.02 Å². The number of carbonyl (C=O) groups excluding carboxylic acids is 1. The molecule has 0 spiro atoms. The monoisotopic (exact) mass is 383 g/mol. The number of esters is 1. The number of ether oxygens (including phenoxy) is 1. The van der Waals surface area contributed by atoms with Gasteiger partial charge in [0, 0.05) is 5.92 Å². The van der Waals surface area contributed by atoms with E-state index in [1.165, 1.54) is 7.11 Å². The average Bonchev–Trinajstić information content (AvgIpc) is 3.17. The van der Waals surface area contributed by atoms with E-state index in [0.717, 1.165) is 23.2 Å². The van der Waals surface area contributed by atoms with Crippen molar-refractivity contribution in [3.8, 4) is 0 Å². The van der Waals surface area contributed by atoms with Crippen LogP contribution in [0.5, 0.6) is 0 Å². The van der Waals surface area contributed by atoms with Crippen molar-refractivity contribution >= 4 is 29.2 Å². The molecule has 1 aliphatic heterocycles. The summed E-state index contributed by atoms with van der Waals surface area (Å²) >= 11 is 6.46. The molecule has 6 heteroatoms.